The van der Waals surface area contributed by atoms with Crippen molar-refractivity contribution in [1.29, 1.82) is 0 Å². The van der Waals surface area contributed by atoms with E-state index in [4.69, 9.17) is 10.6 Å². The van der Waals surface area contributed by atoms with E-state index in [1.807, 2.05) is 0 Å². The van der Waals surface area contributed by atoms with Crippen LogP contribution >= 0.6 is 0 Å². The first-order chi connectivity index (χ1) is 9.17. The van der Waals surface area contributed by atoms with Crippen LogP contribution in [0.15, 0.2) is 18.2 Å². The van der Waals surface area contributed by atoms with Gasteiger partial charge in [0, 0.05) is 12.1 Å². The number of anilines is 1. The summed E-state index contributed by atoms with van der Waals surface area (Å²) in [5.74, 6) is 5.74. The molecule has 0 unspecified atom stereocenters. The normalized spacial score (nSPS) is 10.2. The maximum atomic E-state index is 10.8. The Morgan fingerprint density at radius 2 is 2.00 bits per heavy atom. The van der Waals surface area contributed by atoms with E-state index in [2.05, 4.69) is 12.3 Å². The lowest BCUT2D eigenvalue weighted by atomic mass is 10.2. The quantitative estimate of drug-likeness (QED) is 0.310. The maximum Gasteiger partial charge on any atom is 0.275 e. The summed E-state index contributed by atoms with van der Waals surface area (Å²) in [5, 5.41) is 10.8. The van der Waals surface area contributed by atoms with Gasteiger partial charge in [-0.15, -0.1) is 0 Å². The summed E-state index contributed by atoms with van der Waals surface area (Å²) in [6.07, 6.45) is 5.71. The van der Waals surface area contributed by atoms with E-state index in [0.717, 1.165) is 12.8 Å². The van der Waals surface area contributed by atoms with Crippen molar-refractivity contribution >= 4 is 11.4 Å². The van der Waals surface area contributed by atoms with Gasteiger partial charge in [-0.1, -0.05) is 32.6 Å². The van der Waals surface area contributed by atoms with Crippen molar-refractivity contribution in [3.8, 4) is 5.75 Å². The second-order valence-electron chi connectivity index (χ2n) is 4.38. The zero-order valence-electron chi connectivity index (χ0n) is 11.2. The van der Waals surface area contributed by atoms with Crippen LogP contribution < -0.4 is 16.0 Å². The zero-order valence-corrected chi connectivity index (χ0v) is 11.2. The molecule has 0 amide bonds. The number of benzene rings is 1. The molecule has 0 aliphatic heterocycles. The number of unbranched alkanes of at least 4 members (excludes halogenated alkanes) is 4. The second kappa shape index (κ2) is 8.31. The third-order valence-corrected chi connectivity index (χ3v) is 2.79. The van der Waals surface area contributed by atoms with Gasteiger partial charge in [-0.2, -0.15) is 0 Å². The van der Waals surface area contributed by atoms with E-state index >= 15 is 0 Å². The number of hydrogen-bond acceptors (Lipinski definition) is 5. The molecule has 0 aliphatic rings. The molecule has 0 saturated carbocycles. The van der Waals surface area contributed by atoms with Crippen LogP contribution in [0.3, 0.4) is 0 Å². The van der Waals surface area contributed by atoms with Gasteiger partial charge in [0.2, 0.25) is 0 Å². The molecule has 0 saturated heterocycles. The highest BCUT2D eigenvalue weighted by molar-refractivity contribution is 5.55. The molecule has 0 bridgehead atoms. The first-order valence-corrected chi connectivity index (χ1v) is 6.56. The SMILES string of the molecule is CCCCCCCOc1cc(NN)cc([N+](=O)[O-])c1. The number of rotatable bonds is 9. The standard InChI is InChI=1S/C13H21N3O3/c1-2-3-4-5-6-7-19-13-9-11(15-14)8-12(10-13)16(17)18/h8-10,15H,2-7,14H2,1H3. The smallest absolute Gasteiger partial charge is 0.275 e. The third kappa shape index (κ3) is 5.56. The number of nitrogens with one attached hydrogen (secondary N) is 1. The van der Waals surface area contributed by atoms with Crippen LogP contribution in [-0.4, -0.2) is 11.5 Å². The van der Waals surface area contributed by atoms with E-state index in [-0.39, 0.29) is 5.69 Å². The zero-order chi connectivity index (χ0) is 14.1. The van der Waals surface area contributed by atoms with Gasteiger partial charge in [-0.05, 0) is 6.42 Å². The summed E-state index contributed by atoms with van der Waals surface area (Å²) in [6, 6.07) is 4.43. The van der Waals surface area contributed by atoms with Gasteiger partial charge in [-0.3, -0.25) is 16.0 Å². The van der Waals surface area contributed by atoms with Crippen LogP contribution in [0.5, 0.6) is 5.75 Å². The molecule has 6 heteroatoms. The molecule has 106 valence electrons. The summed E-state index contributed by atoms with van der Waals surface area (Å²) >= 11 is 0. The van der Waals surface area contributed by atoms with Gasteiger partial charge in [0.25, 0.3) is 5.69 Å². The number of nitrogens with zero attached hydrogens (tertiary/aromatic N) is 1. The molecular formula is C13H21N3O3. The highest BCUT2D eigenvalue weighted by Crippen LogP contribution is 2.25. The van der Waals surface area contributed by atoms with Crippen LogP contribution in [0, 0.1) is 10.1 Å². The summed E-state index contributed by atoms with van der Waals surface area (Å²) in [6.45, 7) is 2.73. The minimum atomic E-state index is -0.463. The Kier molecular flexibility index (Phi) is 6.67. The van der Waals surface area contributed by atoms with Gasteiger partial charge in [0.1, 0.15) is 5.75 Å². The van der Waals surface area contributed by atoms with Crippen LogP contribution in [0.4, 0.5) is 11.4 Å². The average molecular weight is 267 g/mol. The van der Waals surface area contributed by atoms with Crippen molar-refractivity contribution in [2.75, 3.05) is 12.0 Å². The number of nitrogen functional groups attached to an aromatic ring is 1. The van der Waals surface area contributed by atoms with E-state index < -0.39 is 4.92 Å². The van der Waals surface area contributed by atoms with E-state index in [0.29, 0.717) is 18.0 Å². The number of hydrazine groups is 1. The molecule has 1 aromatic carbocycles. The topological polar surface area (TPSA) is 90.4 Å². The highest BCUT2D eigenvalue weighted by atomic mass is 16.6. The largest absolute Gasteiger partial charge is 0.493 e. The fraction of sp³-hybridized carbons (Fsp3) is 0.538. The van der Waals surface area contributed by atoms with Gasteiger partial charge < -0.3 is 10.2 Å². The molecule has 0 atom stereocenters. The van der Waals surface area contributed by atoms with Gasteiger partial charge >= 0.3 is 0 Å². The van der Waals surface area contributed by atoms with Crippen LogP contribution in [-0.2, 0) is 0 Å². The molecule has 1 aromatic rings. The van der Waals surface area contributed by atoms with Crippen molar-refractivity contribution < 1.29 is 9.66 Å². The van der Waals surface area contributed by atoms with E-state index in [9.17, 15) is 10.1 Å². The van der Waals surface area contributed by atoms with Crippen LogP contribution in [0.25, 0.3) is 0 Å². The molecule has 0 radical (unpaired) electrons. The van der Waals surface area contributed by atoms with Crippen LogP contribution in [0.2, 0.25) is 0 Å². The predicted octanol–water partition coefficient (Wildman–Crippen LogP) is 3.23. The molecule has 0 heterocycles. The Bertz CT molecular complexity index is 410. The summed E-state index contributed by atoms with van der Waals surface area (Å²) in [5.41, 5.74) is 2.83. The van der Waals surface area contributed by atoms with Gasteiger partial charge in [0.05, 0.1) is 23.3 Å². The van der Waals surface area contributed by atoms with Crippen molar-refractivity contribution in [2.24, 2.45) is 5.84 Å². The Morgan fingerprint density at radius 1 is 1.26 bits per heavy atom. The first-order valence-electron chi connectivity index (χ1n) is 6.56. The fourth-order valence-corrected chi connectivity index (χ4v) is 1.75. The average Bonchev–Trinajstić information content (AvgIpc) is 2.42. The number of nitro benzene ring substituents is 1. The summed E-state index contributed by atoms with van der Waals surface area (Å²) in [4.78, 5) is 10.3. The monoisotopic (exact) mass is 267 g/mol. The summed E-state index contributed by atoms with van der Waals surface area (Å²) < 4.78 is 5.52. The minimum Gasteiger partial charge on any atom is -0.493 e. The molecule has 3 N–H and O–H groups in total. The molecular weight excluding hydrogens is 246 g/mol. The van der Waals surface area contributed by atoms with Crippen molar-refractivity contribution in [2.45, 2.75) is 39.0 Å². The van der Waals surface area contributed by atoms with E-state index in [1.54, 1.807) is 6.07 Å². The lowest BCUT2D eigenvalue weighted by molar-refractivity contribution is -0.384. The Morgan fingerprint density at radius 3 is 2.63 bits per heavy atom. The molecule has 0 fully saturated rings. The Labute approximate surface area is 113 Å². The molecule has 0 aromatic heterocycles. The van der Waals surface area contributed by atoms with Crippen molar-refractivity contribution in [1.82, 2.24) is 0 Å². The minimum absolute atomic E-state index is 0.0311. The van der Waals surface area contributed by atoms with Gasteiger partial charge in [-0.25, -0.2) is 0 Å². The predicted molar refractivity (Wildman–Crippen MR) is 75.2 cm³/mol. The second-order valence-corrected chi connectivity index (χ2v) is 4.38. The lowest BCUT2D eigenvalue weighted by Gasteiger charge is -2.08. The number of nitro groups is 1. The number of ether oxygens (including phenoxy) is 1. The van der Waals surface area contributed by atoms with Gasteiger partial charge in [0.15, 0.2) is 0 Å². The first kappa shape index (κ1) is 15.2. The van der Waals surface area contributed by atoms with Crippen LogP contribution in [0.1, 0.15) is 39.0 Å². The Hall–Kier alpha value is -1.82. The number of nitrogens with two attached hydrogens (primary N) is 1. The Balaban J connectivity index is 2.48. The molecule has 0 aliphatic carbocycles. The van der Waals surface area contributed by atoms with Crippen molar-refractivity contribution in [3.05, 3.63) is 28.3 Å². The number of hydrogen-bond donors (Lipinski definition) is 2. The molecule has 0 spiro atoms. The lowest BCUT2D eigenvalue weighted by Crippen LogP contribution is -2.07. The number of non-ortho nitro benzene ring substituents is 1. The molecule has 19 heavy (non-hydrogen) atoms. The fourth-order valence-electron chi connectivity index (χ4n) is 1.75. The molecule has 6 nitrogen and oxygen atoms in total. The van der Waals surface area contributed by atoms with Crippen molar-refractivity contribution in [3.63, 3.8) is 0 Å². The highest BCUT2D eigenvalue weighted by Gasteiger charge is 2.10. The summed E-state index contributed by atoms with van der Waals surface area (Å²) in [7, 11) is 0. The maximum absolute atomic E-state index is 10.8. The third-order valence-electron chi connectivity index (χ3n) is 2.79. The van der Waals surface area contributed by atoms with E-state index in [1.165, 1.54) is 31.4 Å². The molecule has 1 rings (SSSR count).